The van der Waals surface area contributed by atoms with Crippen molar-refractivity contribution in [2.45, 2.75) is 30.7 Å². The second kappa shape index (κ2) is 13.4. The molecule has 2 N–H and O–H groups in total. The van der Waals surface area contributed by atoms with Gasteiger partial charge in [-0.3, -0.25) is 19.0 Å². The average molecular weight is 644 g/mol. The van der Waals surface area contributed by atoms with E-state index < -0.39 is 27.9 Å². The van der Waals surface area contributed by atoms with Crippen LogP contribution in [-0.2, 0) is 32.5 Å². The van der Waals surface area contributed by atoms with Crippen molar-refractivity contribution in [1.82, 2.24) is 14.6 Å². The number of carbonyl (C=O) groups excluding carboxylic acids is 3. The molecule has 45 heavy (non-hydrogen) atoms. The van der Waals surface area contributed by atoms with E-state index in [1.165, 1.54) is 23.8 Å². The normalized spacial score (nSPS) is 12.0. The highest BCUT2D eigenvalue weighted by atomic mass is 35.5. The van der Waals surface area contributed by atoms with Gasteiger partial charge < -0.3 is 10.1 Å². The Morgan fingerprint density at radius 2 is 1.53 bits per heavy atom. The van der Waals surface area contributed by atoms with Crippen LogP contribution in [-0.4, -0.2) is 43.9 Å². The molecule has 1 heterocycles. The molecule has 11 heteroatoms. The number of nitrogens with zero attached hydrogens (tertiary/aromatic N) is 1. The molecule has 230 valence electrons. The minimum atomic E-state index is -4.18. The zero-order valence-electron chi connectivity index (χ0n) is 24.5. The zero-order valence-corrected chi connectivity index (χ0v) is 26.1. The molecule has 0 fully saturated rings. The number of methoxy groups -OCH3 is 1. The summed E-state index contributed by atoms with van der Waals surface area (Å²) in [6.07, 6.45) is -0.146. The third-order valence-electron chi connectivity index (χ3n) is 7.40. The van der Waals surface area contributed by atoms with Crippen molar-refractivity contribution in [3.05, 3.63) is 131 Å². The molecule has 9 nitrogen and oxygen atoms in total. The molecule has 0 spiro atoms. The van der Waals surface area contributed by atoms with Gasteiger partial charge in [-0.1, -0.05) is 60.1 Å². The van der Waals surface area contributed by atoms with Crippen LogP contribution in [0.1, 0.15) is 27.2 Å². The number of nitrogens with one attached hydrogen (secondary N) is 2. The van der Waals surface area contributed by atoms with E-state index in [0.717, 1.165) is 5.56 Å². The van der Waals surface area contributed by atoms with E-state index in [1.807, 2.05) is 6.07 Å². The quantitative estimate of drug-likeness (QED) is 0.219. The fraction of sp³-hybridized carbons (Fsp3) is 0.147. The lowest BCUT2D eigenvalue weighted by atomic mass is 10.0. The van der Waals surface area contributed by atoms with Crippen molar-refractivity contribution in [2.24, 2.45) is 0 Å². The summed E-state index contributed by atoms with van der Waals surface area (Å²) >= 11 is 6.03. The molecule has 0 saturated carbocycles. The van der Waals surface area contributed by atoms with Gasteiger partial charge in [0.1, 0.15) is 11.8 Å². The summed E-state index contributed by atoms with van der Waals surface area (Å²) in [5.41, 5.74) is 2.79. The first kappa shape index (κ1) is 31.5. The Bertz CT molecular complexity index is 1980. The Morgan fingerprint density at radius 1 is 0.889 bits per heavy atom. The summed E-state index contributed by atoms with van der Waals surface area (Å²) in [6.45, 7) is 1.74. The van der Waals surface area contributed by atoms with Gasteiger partial charge in [0.15, 0.2) is 0 Å². The molecular weight excluding hydrogens is 614 g/mol. The summed E-state index contributed by atoms with van der Waals surface area (Å²) in [7, 11) is -2.66. The summed E-state index contributed by atoms with van der Waals surface area (Å²) in [5.74, 6) is -1.19. The number of ether oxygens (including phenoxy) is 1. The molecule has 0 aliphatic rings. The van der Waals surface area contributed by atoms with E-state index in [9.17, 15) is 22.8 Å². The first-order chi connectivity index (χ1) is 21.6. The number of amides is 2. The lowest BCUT2D eigenvalue weighted by Crippen LogP contribution is -2.49. The lowest BCUT2D eigenvalue weighted by molar-refractivity contribution is -0.127. The molecule has 5 aromatic rings. The van der Waals surface area contributed by atoms with Gasteiger partial charge in [-0.15, -0.1) is 0 Å². The fourth-order valence-electron chi connectivity index (χ4n) is 5.12. The number of fused-ring (bicyclic) bond motifs is 1. The summed E-state index contributed by atoms with van der Waals surface area (Å²) in [5, 5.41) is 3.85. The van der Waals surface area contributed by atoms with Crippen LogP contribution in [0.2, 0.25) is 5.02 Å². The summed E-state index contributed by atoms with van der Waals surface area (Å²) in [6, 6.07) is 27.0. The third kappa shape index (κ3) is 7.08. The molecule has 0 radical (unpaired) electrons. The van der Waals surface area contributed by atoms with Gasteiger partial charge in [0.05, 0.1) is 23.9 Å². The van der Waals surface area contributed by atoms with Crippen LogP contribution in [0.25, 0.3) is 10.9 Å². The van der Waals surface area contributed by atoms with Gasteiger partial charge in [0.25, 0.3) is 21.8 Å². The minimum Gasteiger partial charge on any atom is -0.497 e. The highest BCUT2D eigenvalue weighted by Crippen LogP contribution is 2.31. The molecule has 0 unspecified atom stereocenters. The van der Waals surface area contributed by atoms with Gasteiger partial charge in [-0.05, 0) is 72.6 Å². The van der Waals surface area contributed by atoms with Crippen LogP contribution < -0.4 is 14.8 Å². The second-order valence-electron chi connectivity index (χ2n) is 10.4. The Morgan fingerprint density at radius 3 is 2.18 bits per heavy atom. The van der Waals surface area contributed by atoms with Gasteiger partial charge in [-0.25, -0.2) is 13.1 Å². The van der Waals surface area contributed by atoms with Crippen LogP contribution in [0, 0.1) is 6.92 Å². The molecule has 0 bridgehead atoms. The number of sulfonamides is 1. The molecule has 5 rings (SSSR count). The fourth-order valence-corrected chi connectivity index (χ4v) is 6.29. The van der Waals surface area contributed by atoms with Crippen molar-refractivity contribution in [3.8, 4) is 5.75 Å². The molecule has 0 aliphatic carbocycles. The van der Waals surface area contributed by atoms with Crippen molar-refractivity contribution >= 4 is 50.2 Å². The van der Waals surface area contributed by atoms with Crippen LogP contribution in [0.3, 0.4) is 0 Å². The molecule has 1 atom stereocenters. The number of aromatic nitrogens is 1. The molecule has 0 aliphatic heterocycles. The number of hydrogen-bond donors (Lipinski definition) is 2. The largest absolute Gasteiger partial charge is 0.497 e. The number of hydrogen-bond acceptors (Lipinski definition) is 6. The minimum absolute atomic E-state index is 0.0480. The lowest BCUT2D eigenvalue weighted by Gasteiger charge is -2.19. The first-order valence-electron chi connectivity index (χ1n) is 14.0. The maximum Gasteiger partial charge on any atom is 0.264 e. The Kier molecular flexibility index (Phi) is 9.36. The number of halogens is 1. The highest BCUT2D eigenvalue weighted by Gasteiger charge is 2.28. The predicted octanol–water partition coefficient (Wildman–Crippen LogP) is 5.08. The highest BCUT2D eigenvalue weighted by molar-refractivity contribution is 7.90. The number of rotatable bonds is 10. The van der Waals surface area contributed by atoms with Gasteiger partial charge in [-0.2, -0.15) is 0 Å². The summed E-state index contributed by atoms with van der Waals surface area (Å²) < 4.78 is 34.9. The first-order valence-corrected chi connectivity index (χ1v) is 15.9. The average Bonchev–Trinajstić information content (AvgIpc) is 3.31. The van der Waals surface area contributed by atoms with Crippen LogP contribution >= 0.6 is 11.6 Å². The van der Waals surface area contributed by atoms with Crippen molar-refractivity contribution in [1.29, 1.82) is 0 Å². The molecule has 4 aromatic carbocycles. The van der Waals surface area contributed by atoms with Gasteiger partial charge in [0.2, 0.25) is 5.91 Å². The van der Waals surface area contributed by atoms with E-state index in [4.69, 9.17) is 16.3 Å². The van der Waals surface area contributed by atoms with Crippen molar-refractivity contribution in [3.63, 3.8) is 0 Å². The van der Waals surface area contributed by atoms with E-state index in [-0.39, 0.29) is 23.6 Å². The smallest absolute Gasteiger partial charge is 0.264 e. The number of benzene rings is 4. The monoisotopic (exact) mass is 643 g/mol. The standard InChI is InChI=1S/C34H30ClN3O6S/c1-22-28(29-20-26(44-2)17-18-31(29)38(22)34(41)24-13-15-25(35)16-14-24)21-32(39)36-30(19-23-9-5-3-6-10-23)33(40)37-45(42,43)27-11-7-4-8-12-27/h3-18,20,30H,19,21H2,1-2H3,(H,36,39)(H,37,40)/t30-/m0/s1. The number of carbonyl (C=O) groups is 3. The van der Waals surface area contributed by atoms with E-state index in [0.29, 0.717) is 38.5 Å². The second-order valence-corrected chi connectivity index (χ2v) is 12.5. The Hall–Kier alpha value is -4.93. The van der Waals surface area contributed by atoms with Crippen molar-refractivity contribution < 1.29 is 27.5 Å². The maximum atomic E-state index is 13.6. The maximum absolute atomic E-state index is 13.6. The molecule has 0 saturated heterocycles. The van der Waals surface area contributed by atoms with E-state index in [1.54, 1.807) is 91.9 Å². The Balaban J connectivity index is 1.46. The Labute approximate surface area is 265 Å². The van der Waals surface area contributed by atoms with Crippen molar-refractivity contribution in [2.75, 3.05) is 7.11 Å². The molecular formula is C34H30ClN3O6S. The topological polar surface area (TPSA) is 124 Å². The van der Waals surface area contributed by atoms with Gasteiger partial charge in [0, 0.05) is 28.1 Å². The summed E-state index contributed by atoms with van der Waals surface area (Å²) in [4.78, 5) is 40.6. The van der Waals surface area contributed by atoms with Crippen LogP contribution in [0.4, 0.5) is 0 Å². The SMILES string of the molecule is COc1ccc2c(c1)c(CC(=O)N[C@@H](Cc1ccccc1)C(=O)NS(=O)(=O)c1ccccc1)c(C)n2C(=O)c1ccc(Cl)cc1. The zero-order chi connectivity index (χ0) is 32.1. The molecule has 2 amide bonds. The van der Waals surface area contributed by atoms with Gasteiger partial charge >= 0.3 is 0 Å². The molecule has 1 aromatic heterocycles. The predicted molar refractivity (Wildman–Crippen MR) is 172 cm³/mol. The van der Waals surface area contributed by atoms with Crippen LogP contribution in [0.5, 0.6) is 5.75 Å². The van der Waals surface area contributed by atoms with E-state index in [2.05, 4.69) is 10.0 Å². The van der Waals surface area contributed by atoms with Crippen LogP contribution in [0.15, 0.2) is 108 Å². The van der Waals surface area contributed by atoms with E-state index >= 15 is 0 Å². The third-order valence-corrected chi connectivity index (χ3v) is 9.01.